The number of nitrogens with two attached hydrogens (primary N) is 1. The molecule has 0 unspecified atom stereocenters. The van der Waals surface area contributed by atoms with Gasteiger partial charge < -0.3 is 10.6 Å². The molecule has 0 heterocycles. The van der Waals surface area contributed by atoms with Gasteiger partial charge in [0.2, 0.25) is 0 Å². The zero-order chi connectivity index (χ0) is 9.68. The molecule has 0 saturated carbocycles. The quantitative estimate of drug-likeness (QED) is 0.615. The Bertz CT molecular complexity index is 280. The van der Waals surface area contributed by atoms with Crippen LogP contribution in [0.5, 0.6) is 0 Å². The summed E-state index contributed by atoms with van der Waals surface area (Å²) in [5, 5.41) is 0. The van der Waals surface area contributed by atoms with E-state index in [-0.39, 0.29) is 12.4 Å². The fourth-order valence-electron chi connectivity index (χ4n) is 0.900. The highest BCUT2D eigenvalue weighted by Crippen LogP contribution is 2.11. The third-order valence-electron chi connectivity index (χ3n) is 1.61. The number of rotatable bonds is 3. The van der Waals surface area contributed by atoms with Gasteiger partial charge in [0.25, 0.3) is 0 Å². The molecule has 0 spiro atoms. The molecule has 0 aliphatic rings. The van der Waals surface area contributed by atoms with E-state index in [1.54, 1.807) is 6.34 Å². The van der Waals surface area contributed by atoms with Crippen LogP contribution in [0.4, 0.5) is 5.69 Å². The van der Waals surface area contributed by atoms with Crippen LogP contribution in [0.2, 0.25) is 0 Å². The normalized spacial score (nSPS) is 9.93. The van der Waals surface area contributed by atoms with E-state index in [0.717, 1.165) is 11.3 Å². The molecular formula is C10H16ClN3. The Labute approximate surface area is 91.0 Å². The zero-order valence-corrected chi connectivity index (χ0v) is 9.29. The summed E-state index contributed by atoms with van der Waals surface area (Å²) in [6, 6.07) is 7.90. The lowest BCUT2D eigenvalue weighted by molar-refractivity contribution is 0.643. The third-order valence-corrected chi connectivity index (χ3v) is 1.61. The molecule has 0 bridgehead atoms. The molecule has 0 atom stereocenters. The summed E-state index contributed by atoms with van der Waals surface area (Å²) in [5.74, 6) is 0. The summed E-state index contributed by atoms with van der Waals surface area (Å²) >= 11 is 0. The van der Waals surface area contributed by atoms with Crippen LogP contribution in [0.1, 0.15) is 5.56 Å². The monoisotopic (exact) mass is 213 g/mol. The number of aliphatic imine (C=N–C) groups is 1. The van der Waals surface area contributed by atoms with Gasteiger partial charge in [0.15, 0.2) is 0 Å². The van der Waals surface area contributed by atoms with Crippen LogP contribution in [0.25, 0.3) is 0 Å². The van der Waals surface area contributed by atoms with Gasteiger partial charge in [-0.2, -0.15) is 0 Å². The van der Waals surface area contributed by atoms with Crippen molar-refractivity contribution in [2.45, 2.75) is 6.54 Å². The molecule has 14 heavy (non-hydrogen) atoms. The Morgan fingerprint density at radius 1 is 1.29 bits per heavy atom. The molecule has 1 aromatic rings. The molecule has 78 valence electrons. The molecule has 2 N–H and O–H groups in total. The molecule has 0 aromatic heterocycles. The van der Waals surface area contributed by atoms with Crippen molar-refractivity contribution >= 4 is 24.4 Å². The first-order chi connectivity index (χ1) is 6.22. The minimum Gasteiger partial charge on any atom is -0.369 e. The van der Waals surface area contributed by atoms with Gasteiger partial charge in [0, 0.05) is 20.6 Å². The van der Waals surface area contributed by atoms with Gasteiger partial charge in [-0.25, -0.2) is 4.99 Å². The largest absolute Gasteiger partial charge is 0.369 e. The van der Waals surface area contributed by atoms with Crippen molar-refractivity contribution in [2.24, 2.45) is 10.7 Å². The topological polar surface area (TPSA) is 41.6 Å². The number of nitrogens with zero attached hydrogens (tertiary/aromatic N) is 2. The second kappa shape index (κ2) is 6.40. The SMILES string of the molecule is CN(C)C=Nc1ccc(CN)cc1.Cl. The summed E-state index contributed by atoms with van der Waals surface area (Å²) in [5.41, 5.74) is 7.55. The van der Waals surface area contributed by atoms with Crippen molar-refractivity contribution in [2.75, 3.05) is 14.1 Å². The Hall–Kier alpha value is -1.06. The van der Waals surface area contributed by atoms with Crippen molar-refractivity contribution < 1.29 is 0 Å². The fraction of sp³-hybridized carbons (Fsp3) is 0.300. The van der Waals surface area contributed by atoms with Crippen LogP contribution in [0.3, 0.4) is 0 Å². The highest BCUT2D eigenvalue weighted by molar-refractivity contribution is 5.85. The van der Waals surface area contributed by atoms with Crippen LogP contribution in [-0.2, 0) is 6.54 Å². The van der Waals surface area contributed by atoms with E-state index in [4.69, 9.17) is 5.73 Å². The second-order valence-corrected chi connectivity index (χ2v) is 3.08. The predicted octanol–water partition coefficient (Wildman–Crippen LogP) is 1.79. The molecule has 1 aromatic carbocycles. The van der Waals surface area contributed by atoms with Crippen LogP contribution in [0, 0.1) is 0 Å². The molecule has 0 radical (unpaired) electrons. The van der Waals surface area contributed by atoms with Crippen molar-refractivity contribution in [1.82, 2.24) is 4.90 Å². The maximum atomic E-state index is 5.48. The molecule has 0 aliphatic carbocycles. The van der Waals surface area contributed by atoms with Gasteiger partial charge in [-0.1, -0.05) is 12.1 Å². The smallest absolute Gasteiger partial charge is 0.0907 e. The first kappa shape index (κ1) is 12.9. The van der Waals surface area contributed by atoms with E-state index in [9.17, 15) is 0 Å². The first-order valence-corrected chi connectivity index (χ1v) is 4.22. The molecule has 0 amide bonds. The van der Waals surface area contributed by atoms with Crippen molar-refractivity contribution in [3.8, 4) is 0 Å². The zero-order valence-electron chi connectivity index (χ0n) is 8.47. The summed E-state index contributed by atoms with van der Waals surface area (Å²) < 4.78 is 0. The molecule has 1 rings (SSSR count). The Kier molecular flexibility index (Phi) is 5.92. The first-order valence-electron chi connectivity index (χ1n) is 4.22. The Morgan fingerprint density at radius 3 is 2.29 bits per heavy atom. The minimum absolute atomic E-state index is 0. The van der Waals surface area contributed by atoms with Crippen LogP contribution >= 0.6 is 12.4 Å². The maximum absolute atomic E-state index is 5.48. The standard InChI is InChI=1S/C10H15N3.ClH/c1-13(2)8-12-10-5-3-9(7-11)4-6-10;/h3-6,8H,7,11H2,1-2H3;1H. The lowest BCUT2D eigenvalue weighted by Gasteiger charge is -2.02. The average molecular weight is 214 g/mol. The molecule has 0 saturated heterocycles. The van der Waals surface area contributed by atoms with E-state index in [1.807, 2.05) is 43.3 Å². The lowest BCUT2D eigenvalue weighted by Crippen LogP contribution is -2.06. The van der Waals surface area contributed by atoms with E-state index >= 15 is 0 Å². The van der Waals surface area contributed by atoms with Gasteiger partial charge >= 0.3 is 0 Å². The molecule has 3 nitrogen and oxygen atoms in total. The predicted molar refractivity (Wildman–Crippen MR) is 63.4 cm³/mol. The Morgan fingerprint density at radius 2 is 1.86 bits per heavy atom. The number of hydrogen-bond donors (Lipinski definition) is 1. The van der Waals surface area contributed by atoms with Gasteiger partial charge in [-0.3, -0.25) is 0 Å². The van der Waals surface area contributed by atoms with Crippen LogP contribution in [-0.4, -0.2) is 25.3 Å². The molecule has 0 aliphatic heterocycles. The number of benzene rings is 1. The summed E-state index contributed by atoms with van der Waals surface area (Å²) in [6.07, 6.45) is 1.78. The van der Waals surface area contributed by atoms with Crippen LogP contribution in [0.15, 0.2) is 29.3 Å². The van der Waals surface area contributed by atoms with Gasteiger partial charge in [-0.15, -0.1) is 12.4 Å². The summed E-state index contributed by atoms with van der Waals surface area (Å²) in [4.78, 5) is 6.14. The molecular weight excluding hydrogens is 198 g/mol. The fourth-order valence-corrected chi connectivity index (χ4v) is 0.900. The minimum atomic E-state index is 0. The van der Waals surface area contributed by atoms with E-state index in [1.165, 1.54) is 0 Å². The summed E-state index contributed by atoms with van der Waals surface area (Å²) in [6.45, 7) is 0.581. The number of halogens is 1. The highest BCUT2D eigenvalue weighted by atomic mass is 35.5. The maximum Gasteiger partial charge on any atom is 0.0907 e. The van der Waals surface area contributed by atoms with Crippen molar-refractivity contribution in [1.29, 1.82) is 0 Å². The van der Waals surface area contributed by atoms with Gasteiger partial charge in [-0.05, 0) is 17.7 Å². The molecule has 4 heteroatoms. The molecule has 0 fully saturated rings. The Balaban J connectivity index is 0.00000169. The van der Waals surface area contributed by atoms with E-state index < -0.39 is 0 Å². The lowest BCUT2D eigenvalue weighted by atomic mass is 10.2. The van der Waals surface area contributed by atoms with E-state index in [0.29, 0.717) is 6.54 Å². The van der Waals surface area contributed by atoms with Gasteiger partial charge in [0.1, 0.15) is 0 Å². The van der Waals surface area contributed by atoms with Crippen LogP contribution < -0.4 is 5.73 Å². The third kappa shape index (κ3) is 4.25. The van der Waals surface area contributed by atoms with Crippen molar-refractivity contribution in [3.63, 3.8) is 0 Å². The highest BCUT2D eigenvalue weighted by Gasteiger charge is 1.89. The van der Waals surface area contributed by atoms with Crippen molar-refractivity contribution in [3.05, 3.63) is 29.8 Å². The number of hydrogen-bond acceptors (Lipinski definition) is 2. The average Bonchev–Trinajstić information content (AvgIpc) is 2.15. The second-order valence-electron chi connectivity index (χ2n) is 3.08. The van der Waals surface area contributed by atoms with Gasteiger partial charge in [0.05, 0.1) is 12.0 Å². The van der Waals surface area contributed by atoms with E-state index in [2.05, 4.69) is 4.99 Å². The summed E-state index contributed by atoms with van der Waals surface area (Å²) in [7, 11) is 3.88.